The highest BCUT2D eigenvalue weighted by Crippen LogP contribution is 2.28. The molecule has 19 heavy (non-hydrogen) atoms. The van der Waals surface area contributed by atoms with E-state index in [2.05, 4.69) is 62.2 Å². The zero-order chi connectivity index (χ0) is 13.9. The van der Waals surface area contributed by atoms with Crippen LogP contribution in [0.25, 0.3) is 0 Å². The third kappa shape index (κ3) is 3.30. The van der Waals surface area contributed by atoms with E-state index in [1.807, 2.05) is 0 Å². The summed E-state index contributed by atoms with van der Waals surface area (Å²) in [5.74, 6) is 0.743. The van der Waals surface area contributed by atoms with Crippen molar-refractivity contribution < 1.29 is 0 Å². The molecular formula is C17H28N2. The molecule has 2 heteroatoms. The summed E-state index contributed by atoms with van der Waals surface area (Å²) in [7, 11) is 0. The Balaban J connectivity index is 2.29. The van der Waals surface area contributed by atoms with Crippen molar-refractivity contribution in [2.75, 3.05) is 18.0 Å². The Morgan fingerprint density at radius 3 is 2.74 bits per heavy atom. The Bertz CT molecular complexity index is 415. The molecule has 2 nitrogen and oxygen atoms in total. The summed E-state index contributed by atoms with van der Waals surface area (Å²) in [4.78, 5) is 2.59. The van der Waals surface area contributed by atoms with Crippen molar-refractivity contribution in [1.29, 1.82) is 0 Å². The quantitative estimate of drug-likeness (QED) is 0.885. The number of para-hydroxylation sites is 1. The van der Waals surface area contributed by atoms with Crippen LogP contribution in [0.15, 0.2) is 24.3 Å². The number of hydrogen-bond donors (Lipinski definition) is 1. The Morgan fingerprint density at radius 2 is 2.05 bits per heavy atom. The molecule has 1 aromatic carbocycles. The summed E-state index contributed by atoms with van der Waals surface area (Å²) < 4.78 is 0. The van der Waals surface area contributed by atoms with Crippen LogP contribution in [0.3, 0.4) is 0 Å². The summed E-state index contributed by atoms with van der Waals surface area (Å²) in [5, 5.41) is 3.74. The number of nitrogens with zero attached hydrogens (tertiary/aromatic N) is 1. The monoisotopic (exact) mass is 260 g/mol. The molecule has 0 amide bonds. The van der Waals surface area contributed by atoms with Crippen LogP contribution < -0.4 is 10.2 Å². The predicted octanol–water partition coefficient (Wildman–Crippen LogP) is 3.81. The van der Waals surface area contributed by atoms with Gasteiger partial charge in [-0.3, -0.25) is 0 Å². The van der Waals surface area contributed by atoms with Gasteiger partial charge < -0.3 is 10.2 Å². The highest BCUT2D eigenvalue weighted by molar-refractivity contribution is 5.55. The molecule has 1 N–H and O–H groups in total. The summed E-state index contributed by atoms with van der Waals surface area (Å²) in [5.41, 5.74) is 3.07. The Kier molecular flexibility index (Phi) is 4.51. The van der Waals surface area contributed by atoms with Gasteiger partial charge in [-0.05, 0) is 30.9 Å². The molecule has 0 saturated heterocycles. The second kappa shape index (κ2) is 5.96. The SMILES string of the molecule is CCC(C)CN1CC(C)(CC)NCc2ccccc21. The molecule has 0 radical (unpaired) electrons. The van der Waals surface area contributed by atoms with Gasteiger partial charge in [0, 0.05) is 30.9 Å². The van der Waals surface area contributed by atoms with Crippen molar-refractivity contribution in [2.24, 2.45) is 5.92 Å². The highest BCUT2D eigenvalue weighted by atomic mass is 15.2. The second-order valence-electron chi connectivity index (χ2n) is 6.29. The second-order valence-corrected chi connectivity index (χ2v) is 6.29. The lowest BCUT2D eigenvalue weighted by atomic mass is 9.97. The molecule has 2 rings (SSSR count). The highest BCUT2D eigenvalue weighted by Gasteiger charge is 2.29. The van der Waals surface area contributed by atoms with Gasteiger partial charge in [0.05, 0.1) is 0 Å². The molecule has 0 bridgehead atoms. The van der Waals surface area contributed by atoms with Crippen molar-refractivity contribution in [3.8, 4) is 0 Å². The van der Waals surface area contributed by atoms with Crippen LogP contribution in [0, 0.1) is 5.92 Å². The van der Waals surface area contributed by atoms with Crippen LogP contribution in [0.1, 0.15) is 46.1 Å². The molecular weight excluding hydrogens is 232 g/mol. The molecule has 0 fully saturated rings. The molecule has 1 aromatic rings. The minimum atomic E-state index is 0.215. The summed E-state index contributed by atoms with van der Waals surface area (Å²) in [6, 6.07) is 8.85. The lowest BCUT2D eigenvalue weighted by molar-refractivity contribution is 0.344. The van der Waals surface area contributed by atoms with Gasteiger partial charge >= 0.3 is 0 Å². The molecule has 1 aliphatic rings. The molecule has 0 aromatic heterocycles. The molecule has 106 valence electrons. The minimum Gasteiger partial charge on any atom is -0.369 e. The van der Waals surface area contributed by atoms with Crippen LogP contribution in [-0.2, 0) is 6.54 Å². The van der Waals surface area contributed by atoms with Crippen molar-refractivity contribution in [3.05, 3.63) is 29.8 Å². The van der Waals surface area contributed by atoms with E-state index in [1.54, 1.807) is 0 Å². The van der Waals surface area contributed by atoms with Crippen LogP contribution in [0.5, 0.6) is 0 Å². The van der Waals surface area contributed by atoms with E-state index in [4.69, 9.17) is 0 Å². The van der Waals surface area contributed by atoms with Crippen LogP contribution in [0.4, 0.5) is 5.69 Å². The minimum absolute atomic E-state index is 0.215. The first kappa shape index (κ1) is 14.4. The van der Waals surface area contributed by atoms with E-state index in [0.29, 0.717) is 0 Å². The van der Waals surface area contributed by atoms with Gasteiger partial charge in [0.2, 0.25) is 0 Å². The van der Waals surface area contributed by atoms with Gasteiger partial charge in [0.15, 0.2) is 0 Å². The fraction of sp³-hybridized carbons (Fsp3) is 0.647. The van der Waals surface area contributed by atoms with Gasteiger partial charge in [-0.15, -0.1) is 0 Å². The van der Waals surface area contributed by atoms with Crippen molar-refractivity contribution in [1.82, 2.24) is 5.32 Å². The van der Waals surface area contributed by atoms with E-state index >= 15 is 0 Å². The van der Waals surface area contributed by atoms with Crippen LogP contribution in [0.2, 0.25) is 0 Å². The molecule has 0 aliphatic carbocycles. The Labute approximate surface area is 118 Å². The van der Waals surface area contributed by atoms with Crippen LogP contribution >= 0.6 is 0 Å². The van der Waals surface area contributed by atoms with Gasteiger partial charge in [-0.2, -0.15) is 0 Å². The smallest absolute Gasteiger partial charge is 0.0412 e. The fourth-order valence-electron chi connectivity index (χ4n) is 2.74. The maximum atomic E-state index is 3.74. The molecule has 2 atom stereocenters. The van der Waals surface area contributed by atoms with Crippen molar-refractivity contribution in [2.45, 2.75) is 52.6 Å². The van der Waals surface area contributed by atoms with Crippen LogP contribution in [-0.4, -0.2) is 18.6 Å². The molecule has 0 spiro atoms. The maximum absolute atomic E-state index is 3.74. The maximum Gasteiger partial charge on any atom is 0.0412 e. The Morgan fingerprint density at radius 1 is 1.32 bits per heavy atom. The molecule has 0 saturated carbocycles. The summed E-state index contributed by atoms with van der Waals surface area (Å²) in [6.07, 6.45) is 2.41. The zero-order valence-corrected chi connectivity index (χ0v) is 12.9. The zero-order valence-electron chi connectivity index (χ0n) is 12.9. The first-order chi connectivity index (χ1) is 9.08. The van der Waals surface area contributed by atoms with E-state index < -0.39 is 0 Å². The topological polar surface area (TPSA) is 15.3 Å². The Hall–Kier alpha value is -1.02. The summed E-state index contributed by atoms with van der Waals surface area (Å²) >= 11 is 0. The first-order valence-electron chi connectivity index (χ1n) is 7.66. The van der Waals surface area contributed by atoms with E-state index in [9.17, 15) is 0 Å². The largest absolute Gasteiger partial charge is 0.369 e. The third-order valence-corrected chi connectivity index (χ3v) is 4.59. The molecule has 2 unspecified atom stereocenters. The molecule has 1 aliphatic heterocycles. The lowest BCUT2D eigenvalue weighted by Gasteiger charge is -2.35. The van der Waals surface area contributed by atoms with Gasteiger partial charge in [-0.1, -0.05) is 45.4 Å². The first-order valence-corrected chi connectivity index (χ1v) is 7.66. The predicted molar refractivity (Wildman–Crippen MR) is 83.6 cm³/mol. The number of anilines is 1. The molecule has 1 heterocycles. The average Bonchev–Trinajstić information content (AvgIpc) is 2.57. The van der Waals surface area contributed by atoms with E-state index in [0.717, 1.165) is 32.0 Å². The summed E-state index contributed by atoms with van der Waals surface area (Å²) in [6.45, 7) is 12.5. The number of fused-ring (bicyclic) bond motifs is 1. The van der Waals surface area contributed by atoms with Gasteiger partial charge in [-0.25, -0.2) is 0 Å². The number of benzene rings is 1. The average molecular weight is 260 g/mol. The lowest BCUT2D eigenvalue weighted by Crippen LogP contribution is -2.49. The normalized spacial score (nSPS) is 24.7. The standard InChI is InChI=1S/C17H28N2/c1-5-14(3)12-19-13-17(4,6-2)18-11-15-9-7-8-10-16(15)19/h7-10,14,18H,5-6,11-13H2,1-4H3. The van der Waals surface area contributed by atoms with E-state index in [-0.39, 0.29) is 5.54 Å². The van der Waals surface area contributed by atoms with Gasteiger partial charge in [0.25, 0.3) is 0 Å². The number of hydrogen-bond acceptors (Lipinski definition) is 2. The third-order valence-electron chi connectivity index (χ3n) is 4.59. The number of rotatable bonds is 4. The van der Waals surface area contributed by atoms with Crippen molar-refractivity contribution >= 4 is 5.69 Å². The van der Waals surface area contributed by atoms with Crippen molar-refractivity contribution in [3.63, 3.8) is 0 Å². The number of nitrogens with one attached hydrogen (secondary N) is 1. The van der Waals surface area contributed by atoms with Gasteiger partial charge in [0.1, 0.15) is 0 Å². The van der Waals surface area contributed by atoms with E-state index in [1.165, 1.54) is 17.7 Å². The fourth-order valence-corrected chi connectivity index (χ4v) is 2.74.